The van der Waals surface area contributed by atoms with Crippen molar-refractivity contribution >= 4 is 0 Å². The summed E-state index contributed by atoms with van der Waals surface area (Å²) in [5.41, 5.74) is 0.704. The highest BCUT2D eigenvalue weighted by Gasteiger charge is 2.46. The van der Waals surface area contributed by atoms with Crippen LogP contribution in [0.1, 0.15) is 65.7 Å². The Kier molecular flexibility index (Phi) is 5.08. The zero-order valence-electron chi connectivity index (χ0n) is 12.7. The average Bonchev–Trinajstić information content (AvgIpc) is 2.42. The molecule has 2 saturated carbocycles. The van der Waals surface area contributed by atoms with Crippen LogP contribution >= 0.6 is 0 Å². The maximum atomic E-state index is 3.93. The van der Waals surface area contributed by atoms with Crippen LogP contribution in [0, 0.1) is 5.41 Å². The Morgan fingerprint density at radius 2 is 1.78 bits per heavy atom. The molecule has 2 aliphatic carbocycles. The minimum absolute atomic E-state index is 0.647. The molecule has 0 aromatic rings. The van der Waals surface area contributed by atoms with Gasteiger partial charge >= 0.3 is 0 Å². The zero-order chi connectivity index (χ0) is 13.0. The molecule has 0 aromatic heterocycles. The van der Waals surface area contributed by atoms with Gasteiger partial charge < -0.3 is 10.2 Å². The largest absolute Gasteiger partial charge is 0.310 e. The van der Waals surface area contributed by atoms with Gasteiger partial charge in [-0.1, -0.05) is 33.1 Å². The van der Waals surface area contributed by atoms with Crippen LogP contribution in [0.3, 0.4) is 0 Å². The molecule has 0 bridgehead atoms. The maximum absolute atomic E-state index is 3.93. The molecule has 0 amide bonds. The Morgan fingerprint density at radius 3 is 2.28 bits per heavy atom. The van der Waals surface area contributed by atoms with E-state index in [0.29, 0.717) is 11.5 Å². The van der Waals surface area contributed by atoms with Gasteiger partial charge in [0.25, 0.3) is 0 Å². The summed E-state index contributed by atoms with van der Waals surface area (Å²) in [5, 5.41) is 3.93. The van der Waals surface area contributed by atoms with Gasteiger partial charge in [0.2, 0.25) is 0 Å². The van der Waals surface area contributed by atoms with Gasteiger partial charge in [-0.05, 0) is 51.1 Å². The first-order valence-corrected chi connectivity index (χ1v) is 8.18. The third kappa shape index (κ3) is 3.08. The lowest BCUT2D eigenvalue weighted by atomic mass is 9.57. The fourth-order valence-corrected chi connectivity index (χ4v) is 4.08. The van der Waals surface area contributed by atoms with E-state index in [0.717, 1.165) is 6.04 Å². The van der Waals surface area contributed by atoms with E-state index >= 15 is 0 Å². The minimum atomic E-state index is 0.647. The zero-order valence-corrected chi connectivity index (χ0v) is 12.7. The van der Waals surface area contributed by atoms with Crippen LogP contribution < -0.4 is 5.32 Å². The quantitative estimate of drug-likeness (QED) is 0.779. The van der Waals surface area contributed by atoms with Crippen molar-refractivity contribution in [2.75, 3.05) is 19.6 Å². The molecule has 0 saturated heterocycles. The lowest BCUT2D eigenvalue weighted by Gasteiger charge is -2.53. The van der Waals surface area contributed by atoms with Crippen molar-refractivity contribution in [2.24, 2.45) is 5.41 Å². The highest BCUT2D eigenvalue weighted by molar-refractivity contribution is 5.02. The lowest BCUT2D eigenvalue weighted by Crippen LogP contribution is -2.58. The van der Waals surface area contributed by atoms with E-state index in [2.05, 4.69) is 31.0 Å². The van der Waals surface area contributed by atoms with Crippen molar-refractivity contribution in [1.82, 2.24) is 10.2 Å². The van der Waals surface area contributed by atoms with E-state index in [-0.39, 0.29) is 0 Å². The van der Waals surface area contributed by atoms with Crippen molar-refractivity contribution in [3.05, 3.63) is 0 Å². The molecule has 2 nitrogen and oxygen atoms in total. The summed E-state index contributed by atoms with van der Waals surface area (Å²) in [6.07, 6.45) is 10.3. The van der Waals surface area contributed by atoms with Crippen LogP contribution in [0.25, 0.3) is 0 Å². The smallest absolute Gasteiger partial charge is 0.0169 e. The molecule has 2 unspecified atom stereocenters. The Hall–Kier alpha value is -0.0800. The third-order valence-corrected chi connectivity index (χ3v) is 5.43. The number of nitrogens with one attached hydrogen (secondary N) is 1. The van der Waals surface area contributed by atoms with Crippen LogP contribution in [-0.2, 0) is 0 Å². The monoisotopic (exact) mass is 252 g/mol. The van der Waals surface area contributed by atoms with Gasteiger partial charge in [-0.25, -0.2) is 0 Å². The van der Waals surface area contributed by atoms with Gasteiger partial charge in [0.1, 0.15) is 0 Å². The second-order valence-corrected chi connectivity index (χ2v) is 6.57. The first-order valence-electron chi connectivity index (χ1n) is 8.18. The summed E-state index contributed by atoms with van der Waals surface area (Å²) < 4.78 is 0. The normalized spacial score (nSPS) is 28.3. The Balaban J connectivity index is 1.78. The predicted octanol–water partition coefficient (Wildman–Crippen LogP) is 3.42. The molecule has 1 N–H and O–H groups in total. The topological polar surface area (TPSA) is 15.3 Å². The maximum Gasteiger partial charge on any atom is 0.0169 e. The third-order valence-electron chi connectivity index (χ3n) is 5.43. The average molecular weight is 252 g/mol. The summed E-state index contributed by atoms with van der Waals surface area (Å²) in [5.74, 6) is 0. The number of rotatable bonds is 6. The van der Waals surface area contributed by atoms with Crippen molar-refractivity contribution < 1.29 is 0 Å². The van der Waals surface area contributed by atoms with Gasteiger partial charge in [0, 0.05) is 18.6 Å². The summed E-state index contributed by atoms with van der Waals surface area (Å²) in [4.78, 5) is 2.53. The Labute approximate surface area is 114 Å². The molecule has 0 heterocycles. The first kappa shape index (κ1) is 14.3. The summed E-state index contributed by atoms with van der Waals surface area (Å²) >= 11 is 0. The molecule has 18 heavy (non-hydrogen) atoms. The lowest BCUT2D eigenvalue weighted by molar-refractivity contribution is 0.0152. The van der Waals surface area contributed by atoms with Crippen LogP contribution in [0.15, 0.2) is 0 Å². The van der Waals surface area contributed by atoms with Crippen LogP contribution in [-0.4, -0.2) is 36.6 Å². The first-order chi connectivity index (χ1) is 8.70. The van der Waals surface area contributed by atoms with Crippen molar-refractivity contribution in [2.45, 2.75) is 77.8 Å². The fraction of sp³-hybridized carbons (Fsp3) is 1.00. The summed E-state index contributed by atoms with van der Waals surface area (Å²) in [6.45, 7) is 10.5. The highest BCUT2D eigenvalue weighted by Crippen LogP contribution is 2.51. The van der Waals surface area contributed by atoms with Gasteiger partial charge in [0.05, 0.1) is 0 Å². The van der Waals surface area contributed by atoms with Crippen molar-refractivity contribution in [1.29, 1.82) is 0 Å². The highest BCUT2D eigenvalue weighted by atomic mass is 15.1. The van der Waals surface area contributed by atoms with E-state index < -0.39 is 0 Å². The molecule has 2 aliphatic rings. The number of nitrogens with zero attached hydrogens (tertiary/aromatic N) is 1. The molecule has 0 radical (unpaired) electrons. The molecule has 2 atom stereocenters. The predicted molar refractivity (Wildman–Crippen MR) is 78.9 cm³/mol. The fourth-order valence-electron chi connectivity index (χ4n) is 4.08. The molecule has 1 spiro atoms. The second kappa shape index (κ2) is 6.38. The summed E-state index contributed by atoms with van der Waals surface area (Å²) in [7, 11) is 0. The van der Waals surface area contributed by atoms with Crippen molar-refractivity contribution in [3.8, 4) is 0 Å². The molecule has 0 aromatic carbocycles. The van der Waals surface area contributed by atoms with Crippen molar-refractivity contribution in [3.63, 3.8) is 0 Å². The molecule has 106 valence electrons. The van der Waals surface area contributed by atoms with Gasteiger partial charge in [-0.15, -0.1) is 0 Å². The molecule has 2 fully saturated rings. The van der Waals surface area contributed by atoms with Crippen LogP contribution in [0.4, 0.5) is 0 Å². The van der Waals surface area contributed by atoms with E-state index in [1.54, 1.807) is 0 Å². The SMILES string of the molecule is CCN(CC)CC(C)NC1CCC12CCCCC2. The van der Waals surface area contributed by atoms with E-state index in [4.69, 9.17) is 0 Å². The minimum Gasteiger partial charge on any atom is -0.310 e. The summed E-state index contributed by atoms with van der Waals surface area (Å²) in [6, 6.07) is 1.47. The van der Waals surface area contributed by atoms with Gasteiger partial charge in [-0.3, -0.25) is 0 Å². The number of hydrogen-bond acceptors (Lipinski definition) is 2. The number of likely N-dealkylation sites (N-methyl/N-ethyl adjacent to an activating group) is 1. The number of hydrogen-bond donors (Lipinski definition) is 1. The Bertz CT molecular complexity index is 241. The molecule has 2 rings (SSSR count). The van der Waals surface area contributed by atoms with Gasteiger partial charge in [-0.2, -0.15) is 0 Å². The standard InChI is InChI=1S/C16H32N2/c1-4-18(5-2)13-14(3)17-15-9-12-16(15)10-7-6-8-11-16/h14-15,17H,4-13H2,1-3H3. The molecule has 2 heteroatoms. The van der Waals surface area contributed by atoms with E-state index in [1.165, 1.54) is 64.6 Å². The molecular weight excluding hydrogens is 220 g/mol. The van der Waals surface area contributed by atoms with E-state index in [9.17, 15) is 0 Å². The van der Waals surface area contributed by atoms with Crippen LogP contribution in [0.5, 0.6) is 0 Å². The van der Waals surface area contributed by atoms with Crippen LogP contribution in [0.2, 0.25) is 0 Å². The molecule has 0 aliphatic heterocycles. The van der Waals surface area contributed by atoms with Gasteiger partial charge in [0.15, 0.2) is 0 Å². The second-order valence-electron chi connectivity index (χ2n) is 6.57. The van der Waals surface area contributed by atoms with E-state index in [1.807, 2.05) is 0 Å². The molecular formula is C16H32N2. The Morgan fingerprint density at radius 1 is 1.11 bits per heavy atom.